The molecule has 2 heterocycles. The summed E-state index contributed by atoms with van der Waals surface area (Å²) in [6, 6.07) is 17.6. The van der Waals surface area contributed by atoms with Crippen LogP contribution in [-0.4, -0.2) is 49.4 Å². The Balaban J connectivity index is 1.24. The van der Waals surface area contributed by atoms with Gasteiger partial charge >= 0.3 is 6.36 Å². The van der Waals surface area contributed by atoms with E-state index in [0.717, 1.165) is 11.1 Å². The summed E-state index contributed by atoms with van der Waals surface area (Å²) in [4.78, 5) is 22.6. The minimum Gasteiger partial charge on any atom is -0.406 e. The third kappa shape index (κ3) is 7.88. The molecule has 1 aliphatic heterocycles. The average molecular weight is 641 g/mol. The first-order valence-corrected chi connectivity index (χ1v) is 14.7. The van der Waals surface area contributed by atoms with E-state index in [4.69, 9.17) is 0 Å². The molecular formula is C31H28F4N6O3S. The van der Waals surface area contributed by atoms with Crippen molar-refractivity contribution in [2.45, 2.75) is 39.4 Å². The van der Waals surface area contributed by atoms with Crippen LogP contribution in [0.4, 0.5) is 23.2 Å². The van der Waals surface area contributed by atoms with Crippen LogP contribution in [0.15, 0.2) is 84.0 Å². The number of aromatic nitrogens is 3. The van der Waals surface area contributed by atoms with Gasteiger partial charge in [0, 0.05) is 5.56 Å². The summed E-state index contributed by atoms with van der Waals surface area (Å²) in [5.74, 6) is -0.745. The number of ether oxygens (including phenoxy) is 1. The van der Waals surface area contributed by atoms with E-state index in [-0.39, 0.29) is 28.5 Å². The van der Waals surface area contributed by atoms with Crippen LogP contribution in [0.3, 0.4) is 0 Å². The van der Waals surface area contributed by atoms with Gasteiger partial charge in [-0.05, 0) is 65.9 Å². The number of aliphatic hydroxyl groups is 1. The summed E-state index contributed by atoms with van der Waals surface area (Å²) < 4.78 is 57.3. The van der Waals surface area contributed by atoms with Crippen molar-refractivity contribution in [3.8, 4) is 22.8 Å². The Bertz CT molecular complexity index is 1740. The van der Waals surface area contributed by atoms with Crippen LogP contribution in [0.5, 0.6) is 5.75 Å². The summed E-state index contributed by atoms with van der Waals surface area (Å²) in [6.07, 6.45) is -3.85. The van der Waals surface area contributed by atoms with Gasteiger partial charge in [-0.1, -0.05) is 62.0 Å². The van der Waals surface area contributed by atoms with E-state index < -0.39 is 18.7 Å². The van der Waals surface area contributed by atoms with Crippen molar-refractivity contribution in [1.82, 2.24) is 20.1 Å². The number of benzene rings is 3. The maximum atomic E-state index is 14.8. The lowest BCUT2D eigenvalue weighted by atomic mass is 9.99. The largest absolute Gasteiger partial charge is 0.573 e. The minimum atomic E-state index is -4.78. The van der Waals surface area contributed by atoms with Gasteiger partial charge < -0.3 is 15.2 Å². The molecule has 1 aliphatic rings. The Morgan fingerprint density at radius 1 is 1.11 bits per heavy atom. The van der Waals surface area contributed by atoms with Gasteiger partial charge in [-0.3, -0.25) is 9.69 Å². The monoisotopic (exact) mass is 640 g/mol. The molecule has 45 heavy (non-hydrogen) atoms. The number of amides is 1. The zero-order valence-electron chi connectivity index (χ0n) is 24.3. The van der Waals surface area contributed by atoms with E-state index in [1.165, 1.54) is 58.0 Å². The molecule has 3 aromatic carbocycles. The Morgan fingerprint density at radius 3 is 2.49 bits per heavy atom. The van der Waals surface area contributed by atoms with Crippen LogP contribution < -0.4 is 15.0 Å². The molecule has 234 valence electrons. The van der Waals surface area contributed by atoms with Gasteiger partial charge in [0.2, 0.25) is 12.3 Å². The summed E-state index contributed by atoms with van der Waals surface area (Å²) in [5.41, 5.74) is 4.17. The molecule has 1 amide bonds. The Morgan fingerprint density at radius 2 is 1.82 bits per heavy atom. The Kier molecular flexibility index (Phi) is 9.25. The molecule has 1 fully saturated rings. The summed E-state index contributed by atoms with van der Waals surface area (Å²) in [5, 5.41) is 17.4. The highest BCUT2D eigenvalue weighted by Gasteiger charge is 2.33. The van der Waals surface area contributed by atoms with Gasteiger partial charge in [0.15, 0.2) is 16.9 Å². The number of carbonyl (C=O) groups is 1. The zero-order valence-corrected chi connectivity index (χ0v) is 25.1. The SMILES string of the molecule is Cc1ccc(C(C)C)c(N2C(=O)CSC2=NC(O)N/C(F)=C/c2ccc(-c3ncn(-c4ccc(OC(F)(F)F)cc4)n3)cc2)c1. The number of anilines is 1. The number of halogens is 4. The quantitative estimate of drug-likeness (QED) is 0.122. The molecule has 2 N–H and O–H groups in total. The van der Waals surface area contributed by atoms with Crippen LogP contribution in [0.2, 0.25) is 0 Å². The Labute approximate surface area is 260 Å². The Hall–Kier alpha value is -4.69. The van der Waals surface area contributed by atoms with Crippen LogP contribution in [0.25, 0.3) is 23.2 Å². The lowest BCUT2D eigenvalue weighted by molar-refractivity contribution is -0.274. The van der Waals surface area contributed by atoms with Crippen LogP contribution in [-0.2, 0) is 4.79 Å². The number of hydrogen-bond donors (Lipinski definition) is 2. The van der Waals surface area contributed by atoms with Crippen LogP contribution in [0.1, 0.15) is 36.5 Å². The molecule has 9 nitrogen and oxygen atoms in total. The van der Waals surface area contributed by atoms with Gasteiger partial charge in [-0.2, -0.15) is 4.39 Å². The maximum absolute atomic E-state index is 14.8. The molecule has 14 heteroatoms. The van der Waals surface area contributed by atoms with Gasteiger partial charge in [0.1, 0.15) is 12.1 Å². The molecule has 0 aliphatic carbocycles. The van der Waals surface area contributed by atoms with Gasteiger partial charge in [-0.15, -0.1) is 18.3 Å². The summed E-state index contributed by atoms with van der Waals surface area (Å²) >= 11 is 1.17. The normalized spacial score (nSPS) is 15.7. The molecule has 0 spiro atoms. The molecule has 1 saturated heterocycles. The lowest BCUT2D eigenvalue weighted by Crippen LogP contribution is -2.33. The molecule has 0 radical (unpaired) electrons. The smallest absolute Gasteiger partial charge is 0.406 e. The summed E-state index contributed by atoms with van der Waals surface area (Å²) in [7, 11) is 0. The van der Waals surface area contributed by atoms with Crippen molar-refractivity contribution < 1.29 is 32.2 Å². The molecule has 1 unspecified atom stereocenters. The fourth-order valence-corrected chi connectivity index (χ4v) is 5.41. The number of aliphatic hydroxyl groups excluding tert-OH is 1. The first kappa shape index (κ1) is 31.7. The number of nitrogens with zero attached hydrogens (tertiary/aromatic N) is 5. The third-order valence-corrected chi connectivity index (χ3v) is 7.54. The van der Waals surface area contributed by atoms with Crippen molar-refractivity contribution in [3.63, 3.8) is 0 Å². The van der Waals surface area contributed by atoms with E-state index >= 15 is 0 Å². The van der Waals surface area contributed by atoms with Crippen molar-refractivity contribution in [2.75, 3.05) is 10.7 Å². The fourth-order valence-electron chi connectivity index (χ4n) is 4.53. The molecule has 0 bridgehead atoms. The number of nitrogens with one attached hydrogen (secondary N) is 1. The zero-order chi connectivity index (χ0) is 32.3. The van der Waals surface area contributed by atoms with Gasteiger partial charge in [0.05, 0.1) is 17.1 Å². The number of amidine groups is 1. The molecule has 0 saturated carbocycles. The second-order valence-corrected chi connectivity index (χ2v) is 11.3. The van der Waals surface area contributed by atoms with E-state index in [0.29, 0.717) is 28.3 Å². The molecule has 1 aromatic heterocycles. The van der Waals surface area contributed by atoms with Crippen LogP contribution >= 0.6 is 11.8 Å². The summed E-state index contributed by atoms with van der Waals surface area (Å²) in [6.45, 7) is 5.97. The van der Waals surface area contributed by atoms with Gasteiger partial charge in [-0.25, -0.2) is 14.7 Å². The molecule has 1 atom stereocenters. The standard InChI is InChI=1S/C31H28F4N6O3S/c1-18(2)24-13-4-19(3)14-25(24)41-27(42)16-45-30(41)38-29(43)37-26(32)15-20-5-7-21(8-6-20)28-36-17-40(39-28)22-9-11-23(12-10-22)44-31(33,34)35/h4-15,17-18,29,37,43H,16H2,1-3H3/b26-15+,38-30?. The highest BCUT2D eigenvalue weighted by atomic mass is 32.2. The van der Waals surface area contributed by atoms with Crippen molar-refractivity contribution in [1.29, 1.82) is 0 Å². The number of carbonyl (C=O) groups excluding carboxylic acids is 1. The number of aryl methyl sites for hydroxylation is 1. The first-order chi connectivity index (χ1) is 21.4. The highest BCUT2D eigenvalue weighted by molar-refractivity contribution is 8.15. The number of aliphatic imine (C=N–C) groups is 1. The maximum Gasteiger partial charge on any atom is 0.573 e. The predicted molar refractivity (Wildman–Crippen MR) is 164 cm³/mol. The predicted octanol–water partition coefficient (Wildman–Crippen LogP) is 6.53. The number of rotatable bonds is 9. The first-order valence-electron chi connectivity index (χ1n) is 13.7. The molecular weight excluding hydrogens is 612 g/mol. The highest BCUT2D eigenvalue weighted by Crippen LogP contribution is 2.34. The van der Waals surface area contributed by atoms with Crippen LogP contribution in [0, 0.1) is 6.92 Å². The van der Waals surface area contributed by atoms with E-state index in [1.807, 2.05) is 39.0 Å². The van der Waals surface area contributed by atoms with Gasteiger partial charge in [0.25, 0.3) is 0 Å². The van der Waals surface area contributed by atoms with E-state index in [2.05, 4.69) is 25.1 Å². The third-order valence-electron chi connectivity index (χ3n) is 6.60. The molecule has 5 rings (SSSR count). The molecule has 4 aromatic rings. The second kappa shape index (κ2) is 13.1. The average Bonchev–Trinajstić information content (AvgIpc) is 3.60. The number of thioether (sulfide) groups is 1. The topological polar surface area (TPSA) is 105 Å². The van der Waals surface area contributed by atoms with E-state index in [1.54, 1.807) is 24.3 Å². The van der Waals surface area contributed by atoms with Crippen molar-refractivity contribution in [3.05, 3.63) is 95.7 Å². The van der Waals surface area contributed by atoms with E-state index in [9.17, 15) is 27.5 Å². The minimum absolute atomic E-state index is 0.143. The lowest BCUT2D eigenvalue weighted by Gasteiger charge is -2.23. The number of alkyl halides is 3. The second-order valence-electron chi connectivity index (χ2n) is 10.3. The van der Waals surface area contributed by atoms with Crippen molar-refractivity contribution >= 4 is 34.6 Å². The fraction of sp³-hybridized carbons (Fsp3) is 0.226. The van der Waals surface area contributed by atoms with Crippen molar-refractivity contribution in [2.24, 2.45) is 4.99 Å². The number of hydrogen-bond acceptors (Lipinski definition) is 8.